The predicted octanol–water partition coefficient (Wildman–Crippen LogP) is 5.14. The Bertz CT molecular complexity index is 1280. The van der Waals surface area contributed by atoms with Crippen LogP contribution in [0.25, 0.3) is 11.3 Å². The van der Waals surface area contributed by atoms with Gasteiger partial charge in [0.2, 0.25) is 0 Å². The standard InChI is InChI=1S/C26H24ClN5O2/c1-32(2)21-11-7-18(8-12-21)16-28-31-26(33)25-15-24(29-30-25)19-9-13-22(14-10-19)34-17-20-5-3-4-6-23(20)27/h3-16H,17H2,1-2H3,(H,29,30)(H,31,33). The molecule has 0 saturated carbocycles. The lowest BCUT2D eigenvalue weighted by molar-refractivity contribution is 0.0950. The summed E-state index contributed by atoms with van der Waals surface area (Å²) in [4.78, 5) is 14.4. The third kappa shape index (κ3) is 5.82. The lowest BCUT2D eigenvalue weighted by Crippen LogP contribution is -2.18. The lowest BCUT2D eigenvalue weighted by atomic mass is 10.1. The summed E-state index contributed by atoms with van der Waals surface area (Å²) in [7, 11) is 3.96. The first-order valence-electron chi connectivity index (χ1n) is 10.6. The van der Waals surface area contributed by atoms with Gasteiger partial charge in [0.15, 0.2) is 0 Å². The van der Waals surface area contributed by atoms with Crippen LogP contribution in [0.1, 0.15) is 21.6 Å². The van der Waals surface area contributed by atoms with E-state index in [9.17, 15) is 4.79 Å². The third-order valence-corrected chi connectivity index (χ3v) is 5.48. The molecule has 172 valence electrons. The van der Waals surface area contributed by atoms with Crippen molar-refractivity contribution in [2.24, 2.45) is 5.10 Å². The Balaban J connectivity index is 1.33. The molecule has 0 spiro atoms. The molecule has 0 saturated heterocycles. The molecule has 2 N–H and O–H groups in total. The van der Waals surface area contributed by atoms with E-state index in [1.165, 1.54) is 0 Å². The van der Waals surface area contributed by atoms with Gasteiger partial charge < -0.3 is 9.64 Å². The quantitative estimate of drug-likeness (QED) is 0.274. The maximum atomic E-state index is 12.4. The van der Waals surface area contributed by atoms with Gasteiger partial charge in [0.25, 0.3) is 5.91 Å². The average molecular weight is 474 g/mol. The number of H-pyrrole nitrogens is 1. The number of hydrogen-bond donors (Lipinski definition) is 2. The SMILES string of the molecule is CN(C)c1ccc(C=NNC(=O)c2cc(-c3ccc(OCc4ccccc4Cl)cc3)n[nH]2)cc1. The van der Waals surface area contributed by atoms with Crippen molar-refractivity contribution in [3.8, 4) is 17.0 Å². The topological polar surface area (TPSA) is 82.6 Å². The zero-order valence-electron chi connectivity index (χ0n) is 18.8. The van der Waals surface area contributed by atoms with Gasteiger partial charge in [-0.3, -0.25) is 9.89 Å². The summed E-state index contributed by atoms with van der Waals surface area (Å²) < 4.78 is 5.81. The lowest BCUT2D eigenvalue weighted by Gasteiger charge is -2.11. The normalized spacial score (nSPS) is 10.9. The monoisotopic (exact) mass is 473 g/mol. The van der Waals surface area contributed by atoms with Gasteiger partial charge in [0.1, 0.15) is 18.1 Å². The molecule has 0 aliphatic heterocycles. The number of hydrogen-bond acceptors (Lipinski definition) is 5. The summed E-state index contributed by atoms with van der Waals surface area (Å²) in [6.45, 7) is 0.381. The van der Waals surface area contributed by atoms with Gasteiger partial charge in [-0.2, -0.15) is 10.2 Å². The van der Waals surface area contributed by atoms with Crippen LogP contribution in [0.15, 0.2) is 84.0 Å². The van der Waals surface area contributed by atoms with Gasteiger partial charge in [0.05, 0.1) is 11.9 Å². The molecule has 0 atom stereocenters. The number of carbonyl (C=O) groups excluding carboxylic acids is 1. The van der Waals surface area contributed by atoms with E-state index in [0.29, 0.717) is 28.8 Å². The van der Waals surface area contributed by atoms with Gasteiger partial charge >= 0.3 is 0 Å². The van der Waals surface area contributed by atoms with Crippen LogP contribution in [0.5, 0.6) is 5.75 Å². The fourth-order valence-corrected chi connectivity index (χ4v) is 3.36. The van der Waals surface area contributed by atoms with Crippen molar-refractivity contribution < 1.29 is 9.53 Å². The van der Waals surface area contributed by atoms with E-state index in [1.807, 2.05) is 91.8 Å². The molecule has 7 nitrogen and oxygen atoms in total. The molecule has 4 aromatic rings. The van der Waals surface area contributed by atoms with Crippen molar-refractivity contribution in [2.75, 3.05) is 19.0 Å². The van der Waals surface area contributed by atoms with E-state index < -0.39 is 0 Å². The molecule has 1 heterocycles. The van der Waals surface area contributed by atoms with Gasteiger partial charge in [-0.25, -0.2) is 5.43 Å². The summed E-state index contributed by atoms with van der Waals surface area (Å²) in [5.41, 5.74) is 7.22. The second-order valence-electron chi connectivity index (χ2n) is 7.76. The molecule has 0 radical (unpaired) electrons. The fourth-order valence-electron chi connectivity index (χ4n) is 3.17. The van der Waals surface area contributed by atoms with Crippen LogP contribution in [0.2, 0.25) is 5.02 Å². The van der Waals surface area contributed by atoms with E-state index in [-0.39, 0.29) is 5.91 Å². The van der Waals surface area contributed by atoms with Gasteiger partial charge in [-0.15, -0.1) is 0 Å². The Hall–Kier alpha value is -4.10. The molecule has 1 amide bonds. The zero-order valence-corrected chi connectivity index (χ0v) is 19.6. The zero-order chi connectivity index (χ0) is 23.9. The van der Waals surface area contributed by atoms with E-state index in [2.05, 4.69) is 20.7 Å². The maximum absolute atomic E-state index is 12.4. The Labute approximate surface area is 203 Å². The van der Waals surface area contributed by atoms with E-state index >= 15 is 0 Å². The Morgan fingerprint density at radius 1 is 1.09 bits per heavy atom. The van der Waals surface area contributed by atoms with Gasteiger partial charge in [0, 0.05) is 35.9 Å². The molecule has 0 fully saturated rings. The molecule has 3 aromatic carbocycles. The molecule has 8 heteroatoms. The Kier molecular flexibility index (Phi) is 7.25. The van der Waals surface area contributed by atoms with Crippen molar-refractivity contribution in [3.05, 3.63) is 101 Å². The minimum atomic E-state index is -0.375. The minimum absolute atomic E-state index is 0.314. The van der Waals surface area contributed by atoms with Crippen molar-refractivity contribution >= 4 is 29.4 Å². The number of aromatic nitrogens is 2. The number of nitrogens with one attached hydrogen (secondary N) is 2. The highest BCUT2D eigenvalue weighted by Gasteiger charge is 2.11. The van der Waals surface area contributed by atoms with E-state index in [4.69, 9.17) is 16.3 Å². The second kappa shape index (κ2) is 10.7. The summed E-state index contributed by atoms with van der Waals surface area (Å²) in [5.74, 6) is 0.338. The molecule has 0 bridgehead atoms. The van der Waals surface area contributed by atoms with E-state index in [1.54, 1.807) is 12.3 Å². The van der Waals surface area contributed by atoms with Crippen molar-refractivity contribution in [3.63, 3.8) is 0 Å². The van der Waals surface area contributed by atoms with E-state index in [0.717, 1.165) is 22.4 Å². The maximum Gasteiger partial charge on any atom is 0.289 e. The minimum Gasteiger partial charge on any atom is -0.489 e. The van der Waals surface area contributed by atoms with Gasteiger partial charge in [-0.05, 0) is 54.1 Å². The number of hydrazone groups is 1. The van der Waals surface area contributed by atoms with Gasteiger partial charge in [-0.1, -0.05) is 41.9 Å². The predicted molar refractivity (Wildman–Crippen MR) is 136 cm³/mol. The van der Waals surface area contributed by atoms with Crippen LogP contribution in [-0.2, 0) is 6.61 Å². The number of aromatic amines is 1. The number of benzene rings is 3. The van der Waals surface area contributed by atoms with Crippen LogP contribution in [-0.4, -0.2) is 36.4 Å². The number of halogens is 1. The first-order chi connectivity index (χ1) is 16.5. The van der Waals surface area contributed by atoms with Crippen LogP contribution < -0.4 is 15.1 Å². The molecule has 1 aromatic heterocycles. The van der Waals surface area contributed by atoms with Crippen LogP contribution in [0.3, 0.4) is 0 Å². The molecule has 34 heavy (non-hydrogen) atoms. The number of rotatable bonds is 8. The smallest absolute Gasteiger partial charge is 0.289 e. The number of ether oxygens (including phenoxy) is 1. The molecule has 0 aliphatic rings. The third-order valence-electron chi connectivity index (χ3n) is 5.11. The summed E-state index contributed by atoms with van der Waals surface area (Å²) in [6, 6.07) is 24.6. The first kappa shape index (κ1) is 23.1. The highest BCUT2D eigenvalue weighted by Crippen LogP contribution is 2.23. The highest BCUT2D eigenvalue weighted by atomic mass is 35.5. The Morgan fingerprint density at radius 3 is 2.53 bits per heavy atom. The largest absolute Gasteiger partial charge is 0.489 e. The number of carbonyl (C=O) groups is 1. The fraction of sp³-hybridized carbons (Fsp3) is 0.115. The highest BCUT2D eigenvalue weighted by molar-refractivity contribution is 6.31. The Morgan fingerprint density at radius 2 is 1.82 bits per heavy atom. The number of amides is 1. The molecule has 0 unspecified atom stereocenters. The first-order valence-corrected chi connectivity index (χ1v) is 11.0. The summed E-state index contributed by atoms with van der Waals surface area (Å²) in [5, 5.41) is 11.7. The molecular formula is C26H24ClN5O2. The second-order valence-corrected chi connectivity index (χ2v) is 8.16. The molecule has 4 rings (SSSR count). The van der Waals surface area contributed by atoms with Crippen LogP contribution in [0, 0.1) is 0 Å². The number of nitrogens with zero attached hydrogens (tertiary/aromatic N) is 3. The summed E-state index contributed by atoms with van der Waals surface area (Å²) in [6.07, 6.45) is 1.59. The van der Waals surface area contributed by atoms with Crippen molar-refractivity contribution in [2.45, 2.75) is 6.61 Å². The summed E-state index contributed by atoms with van der Waals surface area (Å²) >= 11 is 6.17. The van der Waals surface area contributed by atoms with Crippen LogP contribution >= 0.6 is 11.6 Å². The molecular weight excluding hydrogens is 450 g/mol. The number of anilines is 1. The average Bonchev–Trinajstić information content (AvgIpc) is 3.35. The van der Waals surface area contributed by atoms with Crippen LogP contribution in [0.4, 0.5) is 5.69 Å². The van der Waals surface area contributed by atoms with Crippen molar-refractivity contribution in [1.82, 2.24) is 15.6 Å². The van der Waals surface area contributed by atoms with Crippen molar-refractivity contribution in [1.29, 1.82) is 0 Å². The molecule has 0 aliphatic carbocycles.